The molecule has 0 radical (unpaired) electrons. The van der Waals surface area contributed by atoms with Gasteiger partial charge in [-0.05, 0) is 0 Å². The minimum atomic E-state index is 0.234. The third-order valence-corrected chi connectivity index (χ3v) is 7.59. The Kier molecular flexibility index (Phi) is 10.4. The first-order valence-corrected chi connectivity index (χ1v) is 13.3. The van der Waals surface area contributed by atoms with Crippen LogP contribution in [0.4, 0.5) is 0 Å². The Morgan fingerprint density at radius 3 is 1.35 bits per heavy atom. The van der Waals surface area contributed by atoms with Crippen molar-refractivity contribution in [3.63, 3.8) is 0 Å². The predicted octanol–water partition coefficient (Wildman–Crippen LogP) is 7.04. The van der Waals surface area contributed by atoms with Crippen LogP contribution >= 0.6 is 0 Å². The van der Waals surface area contributed by atoms with Gasteiger partial charge >= 0.3 is 212 Å². The molecule has 0 bridgehead atoms. The van der Waals surface area contributed by atoms with Gasteiger partial charge in [0.05, 0.1) is 0 Å². The molecule has 1 aliphatic rings. The van der Waals surface area contributed by atoms with Gasteiger partial charge in [0, 0.05) is 0 Å². The molecule has 0 N–H and O–H groups in total. The van der Waals surface area contributed by atoms with E-state index < -0.39 is 0 Å². The number of hydrogen-bond acceptors (Lipinski definition) is 0. The van der Waals surface area contributed by atoms with E-state index >= 15 is 0 Å². The second-order valence-corrected chi connectivity index (χ2v) is 10.2. The van der Waals surface area contributed by atoms with Gasteiger partial charge in [0.15, 0.2) is 0 Å². The molecule has 1 aliphatic carbocycles. The summed E-state index contributed by atoms with van der Waals surface area (Å²) in [4.78, 5) is 0. The summed E-state index contributed by atoms with van der Waals surface area (Å²) in [5.41, 5.74) is 6.53. The van der Waals surface area contributed by atoms with Crippen LogP contribution < -0.4 is 8.47 Å². The Morgan fingerprint density at radius 1 is 0.548 bits per heavy atom. The summed E-state index contributed by atoms with van der Waals surface area (Å²) in [7, 11) is 0. The zero-order chi connectivity index (χ0) is 22.1. The second-order valence-electron chi connectivity index (χ2n) is 10.2. The van der Waals surface area contributed by atoms with Crippen LogP contribution in [0.15, 0.2) is 36.4 Å². The van der Waals surface area contributed by atoms with E-state index in [-0.39, 0.29) is 5.41 Å². The molecule has 3 rings (SSSR count). The van der Waals surface area contributed by atoms with Crippen LogP contribution in [0, 0.1) is 0 Å². The number of hydrogen-bond donors (Lipinski definition) is 0. The van der Waals surface area contributed by atoms with E-state index in [9.17, 15) is 0 Å². The number of rotatable bonds is 14. The van der Waals surface area contributed by atoms with Crippen molar-refractivity contribution in [1.29, 1.82) is 0 Å². The van der Waals surface area contributed by atoms with Crippen molar-refractivity contribution in [2.24, 2.45) is 0 Å². The van der Waals surface area contributed by atoms with Crippen molar-refractivity contribution in [1.82, 2.24) is 0 Å². The molecule has 0 atom stereocenters. The van der Waals surface area contributed by atoms with E-state index in [4.69, 9.17) is 0 Å². The quantitative estimate of drug-likeness (QED) is 0.235. The van der Waals surface area contributed by atoms with Gasteiger partial charge in [-0.15, -0.1) is 0 Å². The van der Waals surface area contributed by atoms with E-state index in [0.717, 1.165) is 0 Å². The van der Waals surface area contributed by atoms with Crippen molar-refractivity contribution < 1.29 is 0 Å². The molecule has 0 amide bonds. The SMILES string of the molecule is [Li][c]1ccc2c(c1)C(CCCCCCCC)(CCCCCCCC)c1c[c]([Li])ccc1-2. The van der Waals surface area contributed by atoms with Crippen molar-refractivity contribution in [3.8, 4) is 11.1 Å². The average Bonchev–Trinajstić information content (AvgIpc) is 3.02. The molecule has 0 aromatic heterocycles. The second kappa shape index (κ2) is 12.8. The molecule has 0 spiro atoms. The fraction of sp³-hybridized carbons (Fsp3) is 0.586. The molecule has 0 fully saturated rings. The Hall–Kier alpha value is -0.365. The molecular formula is C29H40Li2. The first-order chi connectivity index (χ1) is 15.1. The van der Waals surface area contributed by atoms with Crippen LogP contribution in [0.1, 0.15) is 115 Å². The summed E-state index contributed by atoms with van der Waals surface area (Å²) in [5.74, 6) is 0. The number of benzene rings is 2. The molecule has 0 unspecified atom stereocenters. The van der Waals surface area contributed by atoms with E-state index in [0.29, 0.717) is 0 Å². The van der Waals surface area contributed by atoms with Gasteiger partial charge in [0.1, 0.15) is 0 Å². The van der Waals surface area contributed by atoms with E-state index in [1.807, 2.05) is 0 Å². The molecule has 2 heteroatoms. The maximum atomic E-state index is 2.53. The Bertz CT molecular complexity index is 754. The first kappa shape index (κ1) is 25.3. The zero-order valence-electron chi connectivity index (χ0n) is 20.9. The third kappa shape index (κ3) is 6.36. The summed E-state index contributed by atoms with van der Waals surface area (Å²) in [6.07, 6.45) is 19.2. The van der Waals surface area contributed by atoms with Crippen LogP contribution in [-0.2, 0) is 5.41 Å². The summed E-state index contributed by atoms with van der Waals surface area (Å²) >= 11 is 4.55. The molecule has 2 aromatic carbocycles. The molecule has 0 nitrogen and oxygen atoms in total. The molecular weight excluding hydrogens is 362 g/mol. The van der Waals surface area contributed by atoms with Gasteiger partial charge in [0.25, 0.3) is 0 Å². The monoisotopic (exact) mass is 402 g/mol. The summed E-state index contributed by atoms with van der Waals surface area (Å²) in [6.45, 7) is 4.62. The van der Waals surface area contributed by atoms with Crippen molar-refractivity contribution in [2.45, 2.75) is 109 Å². The maximum absolute atomic E-state index is 2.53. The predicted molar refractivity (Wildman–Crippen MR) is 139 cm³/mol. The summed E-state index contributed by atoms with van der Waals surface area (Å²) in [6, 6.07) is 14.5. The fourth-order valence-corrected chi connectivity index (χ4v) is 5.80. The van der Waals surface area contributed by atoms with Crippen LogP contribution in [0.5, 0.6) is 0 Å². The Morgan fingerprint density at radius 2 is 0.935 bits per heavy atom. The number of fused-ring (bicyclic) bond motifs is 3. The number of unbranched alkanes of at least 4 members (excludes halogenated alkanes) is 10. The standard InChI is InChI=1S/C29H40.2Li/c1-3-5-7-9-11-17-23-29(24-18-12-10-8-6-4-2)27-21-15-13-19-25(27)26-20-14-16-22-28(26)29;;/h13-14,19-22H,3-12,17-18,23-24H2,1-2H3;;. The molecule has 0 saturated heterocycles. The van der Waals surface area contributed by atoms with Crippen LogP contribution in [-0.4, -0.2) is 35.4 Å². The molecule has 158 valence electrons. The van der Waals surface area contributed by atoms with Gasteiger partial charge in [-0.1, -0.05) is 0 Å². The molecule has 31 heavy (non-hydrogen) atoms. The van der Waals surface area contributed by atoms with Crippen molar-refractivity contribution in [2.75, 3.05) is 0 Å². The first-order valence-electron chi connectivity index (χ1n) is 13.3. The molecule has 0 aliphatic heterocycles. The molecule has 0 heterocycles. The third-order valence-electron chi connectivity index (χ3n) is 7.59. The molecule has 2 aromatic rings. The van der Waals surface area contributed by atoms with Crippen LogP contribution in [0.3, 0.4) is 0 Å². The van der Waals surface area contributed by atoms with Crippen molar-refractivity contribution >= 4 is 43.9 Å². The summed E-state index contributed by atoms with van der Waals surface area (Å²) in [5, 5.41) is 0. The van der Waals surface area contributed by atoms with Gasteiger partial charge < -0.3 is 0 Å². The van der Waals surface area contributed by atoms with Gasteiger partial charge in [-0.3, -0.25) is 0 Å². The van der Waals surface area contributed by atoms with Gasteiger partial charge in [-0.2, -0.15) is 0 Å². The van der Waals surface area contributed by atoms with Gasteiger partial charge in [0.2, 0.25) is 0 Å². The fourth-order valence-electron chi connectivity index (χ4n) is 5.80. The van der Waals surface area contributed by atoms with Gasteiger partial charge in [-0.25, -0.2) is 0 Å². The van der Waals surface area contributed by atoms with Crippen LogP contribution in [0.2, 0.25) is 0 Å². The Balaban J connectivity index is 1.85. The van der Waals surface area contributed by atoms with Crippen molar-refractivity contribution in [3.05, 3.63) is 47.5 Å². The minimum absolute atomic E-state index is 0.234. The van der Waals surface area contributed by atoms with E-state index in [2.05, 4.69) is 85.7 Å². The Labute approximate surface area is 210 Å². The normalized spacial score (nSPS) is 14.0. The average molecular weight is 403 g/mol. The van der Waals surface area contributed by atoms with Crippen LogP contribution in [0.25, 0.3) is 11.1 Å². The molecule has 0 saturated carbocycles. The van der Waals surface area contributed by atoms with E-state index in [1.54, 1.807) is 11.1 Å². The zero-order valence-corrected chi connectivity index (χ0v) is 20.9. The van der Waals surface area contributed by atoms with E-state index in [1.165, 1.54) is 109 Å². The topological polar surface area (TPSA) is 0 Å². The summed E-state index contributed by atoms with van der Waals surface area (Å²) < 4.78 is 2.83.